The highest BCUT2D eigenvalue weighted by atomic mass is 32.1. The number of carboxylic acid groups (broad SMARTS) is 1. The van der Waals surface area contributed by atoms with Crippen molar-refractivity contribution in [2.75, 3.05) is 0 Å². The summed E-state index contributed by atoms with van der Waals surface area (Å²) in [5.41, 5.74) is 3.97. The molecule has 0 radical (unpaired) electrons. The number of aliphatic carboxylic acids is 1. The zero-order chi connectivity index (χ0) is 9.68. The Bertz CT molecular complexity index is 259. The molecule has 1 aromatic rings. The van der Waals surface area contributed by atoms with Crippen molar-refractivity contribution in [1.29, 1.82) is 0 Å². The fourth-order valence-electron chi connectivity index (χ4n) is 1.16. The predicted octanol–water partition coefficient (Wildman–Crippen LogP) is -0.0487. The number of carboxylic acids is 1. The van der Waals surface area contributed by atoms with Crippen molar-refractivity contribution in [2.24, 2.45) is 0 Å². The van der Waals surface area contributed by atoms with Crippen LogP contribution in [0.5, 0.6) is 0 Å². The lowest BCUT2D eigenvalue weighted by atomic mass is 10.1. The van der Waals surface area contributed by atoms with E-state index in [2.05, 4.69) is 5.73 Å². The van der Waals surface area contributed by atoms with Gasteiger partial charge in [0.25, 0.3) is 0 Å². The Morgan fingerprint density at radius 1 is 1.69 bits per heavy atom. The third-order valence-corrected chi connectivity index (χ3v) is 2.91. The number of hydrogen-bond donors (Lipinski definition) is 1. The average molecular weight is 199 g/mol. The Labute approximate surface area is 81.2 Å². The van der Waals surface area contributed by atoms with Gasteiger partial charge in [-0.1, -0.05) is 6.07 Å². The van der Waals surface area contributed by atoms with Crippen LogP contribution in [0.3, 0.4) is 0 Å². The van der Waals surface area contributed by atoms with Crippen molar-refractivity contribution in [3.05, 3.63) is 22.4 Å². The monoisotopic (exact) mass is 199 g/mol. The topological polar surface area (TPSA) is 67.8 Å². The standard InChI is InChI=1S/C9H13NO2S/c10-7(3-1-5-9(11)12)8-4-2-6-13-8/h2,4,6-7H,1,3,5,10H2,(H,11,12)/t7-/m0/s1. The molecular formula is C9H13NO2S. The second kappa shape index (κ2) is 4.99. The maximum atomic E-state index is 10.1. The Morgan fingerprint density at radius 3 is 3.00 bits per heavy atom. The highest BCUT2D eigenvalue weighted by molar-refractivity contribution is 7.10. The molecule has 0 aromatic carbocycles. The summed E-state index contributed by atoms with van der Waals surface area (Å²) >= 11 is 1.66. The second-order valence-corrected chi connectivity index (χ2v) is 3.96. The molecule has 72 valence electrons. The van der Waals surface area contributed by atoms with Crippen molar-refractivity contribution in [3.63, 3.8) is 0 Å². The summed E-state index contributed by atoms with van der Waals surface area (Å²) in [6, 6.07) is 4.23. The van der Waals surface area contributed by atoms with E-state index in [0.29, 0.717) is 6.42 Å². The molecule has 13 heavy (non-hydrogen) atoms. The third-order valence-electron chi connectivity index (χ3n) is 1.88. The van der Waals surface area contributed by atoms with Crippen molar-refractivity contribution < 1.29 is 15.6 Å². The van der Waals surface area contributed by atoms with Gasteiger partial charge in [0.05, 0.1) is 4.88 Å². The molecule has 0 amide bonds. The van der Waals surface area contributed by atoms with Crippen molar-refractivity contribution in [2.45, 2.75) is 25.3 Å². The van der Waals surface area contributed by atoms with Crippen LogP contribution in [0.15, 0.2) is 17.5 Å². The van der Waals surface area contributed by atoms with Gasteiger partial charge < -0.3 is 15.6 Å². The van der Waals surface area contributed by atoms with Gasteiger partial charge in [-0.05, 0) is 24.3 Å². The molecule has 0 aliphatic rings. The first-order valence-electron chi connectivity index (χ1n) is 4.26. The molecule has 0 saturated carbocycles. The Hall–Kier alpha value is -0.870. The zero-order valence-corrected chi connectivity index (χ0v) is 8.18. The smallest absolute Gasteiger partial charge is 0.119 e. The Balaban J connectivity index is 2.26. The van der Waals surface area contributed by atoms with Gasteiger partial charge in [-0.15, -0.1) is 11.3 Å². The van der Waals surface area contributed by atoms with Crippen LogP contribution in [-0.4, -0.2) is 5.97 Å². The van der Waals surface area contributed by atoms with Gasteiger partial charge in [-0.3, -0.25) is 0 Å². The van der Waals surface area contributed by atoms with Gasteiger partial charge in [-0.2, -0.15) is 0 Å². The van der Waals surface area contributed by atoms with Gasteiger partial charge in [0.2, 0.25) is 0 Å². The third kappa shape index (κ3) is 3.57. The van der Waals surface area contributed by atoms with Crippen LogP contribution in [0.1, 0.15) is 30.2 Å². The number of thiophene rings is 1. The van der Waals surface area contributed by atoms with Crippen LogP contribution < -0.4 is 10.8 Å². The molecule has 0 saturated heterocycles. The summed E-state index contributed by atoms with van der Waals surface area (Å²) in [7, 11) is 0. The second-order valence-electron chi connectivity index (χ2n) is 2.98. The number of carbonyl (C=O) groups is 1. The molecule has 3 N–H and O–H groups in total. The Kier molecular flexibility index (Phi) is 3.92. The summed E-state index contributed by atoms with van der Waals surface area (Å²) in [6.07, 6.45) is 1.60. The molecule has 1 heterocycles. The van der Waals surface area contributed by atoms with Gasteiger partial charge in [0.1, 0.15) is 6.04 Å². The first-order valence-corrected chi connectivity index (χ1v) is 5.14. The van der Waals surface area contributed by atoms with Crippen molar-refractivity contribution >= 4 is 17.3 Å². The van der Waals surface area contributed by atoms with Gasteiger partial charge in [0, 0.05) is 12.4 Å². The normalized spacial score (nSPS) is 12.7. The first kappa shape index (κ1) is 10.2. The van der Waals surface area contributed by atoms with E-state index in [-0.39, 0.29) is 12.5 Å². The molecule has 0 aliphatic heterocycles. The summed E-state index contributed by atoms with van der Waals surface area (Å²) in [5.74, 6) is -0.974. The molecule has 1 aromatic heterocycles. The molecular weight excluding hydrogens is 186 g/mol. The van der Waals surface area contributed by atoms with Crippen LogP contribution in [0.2, 0.25) is 0 Å². The Morgan fingerprint density at radius 2 is 2.46 bits per heavy atom. The lowest BCUT2D eigenvalue weighted by molar-refractivity contribution is -0.427. The molecule has 3 nitrogen and oxygen atoms in total. The van der Waals surface area contributed by atoms with E-state index in [1.54, 1.807) is 11.3 Å². The highest BCUT2D eigenvalue weighted by Gasteiger charge is 2.09. The van der Waals surface area contributed by atoms with Gasteiger partial charge in [0.15, 0.2) is 0 Å². The number of carbonyl (C=O) groups excluding carboxylic acids is 1. The first-order chi connectivity index (χ1) is 6.20. The largest absolute Gasteiger partial charge is 0.550 e. The lowest BCUT2D eigenvalue weighted by Gasteiger charge is -2.06. The minimum Gasteiger partial charge on any atom is -0.550 e. The molecule has 4 heteroatoms. The predicted molar refractivity (Wildman–Crippen MR) is 48.8 cm³/mol. The van der Waals surface area contributed by atoms with Crippen LogP contribution in [0.4, 0.5) is 0 Å². The van der Waals surface area contributed by atoms with E-state index in [9.17, 15) is 9.90 Å². The maximum absolute atomic E-state index is 10.1. The van der Waals surface area contributed by atoms with E-state index in [1.807, 2.05) is 17.5 Å². The molecule has 0 unspecified atom stereocenters. The fourth-order valence-corrected chi connectivity index (χ4v) is 1.94. The van der Waals surface area contributed by atoms with E-state index >= 15 is 0 Å². The molecule has 0 aliphatic carbocycles. The SMILES string of the molecule is [NH3+][C@@H](CCCC(=O)[O-])c1cccs1. The molecule has 0 spiro atoms. The number of quaternary nitrogens is 1. The zero-order valence-electron chi connectivity index (χ0n) is 7.36. The minimum absolute atomic E-state index is 0.136. The molecule has 1 rings (SSSR count). The van der Waals surface area contributed by atoms with Crippen LogP contribution in [0.25, 0.3) is 0 Å². The maximum Gasteiger partial charge on any atom is 0.119 e. The number of rotatable bonds is 5. The van der Waals surface area contributed by atoms with E-state index in [4.69, 9.17) is 0 Å². The number of hydrogen-bond acceptors (Lipinski definition) is 3. The van der Waals surface area contributed by atoms with E-state index in [0.717, 1.165) is 6.42 Å². The van der Waals surface area contributed by atoms with E-state index in [1.165, 1.54) is 4.88 Å². The summed E-state index contributed by atoms with van der Waals surface area (Å²) < 4.78 is 0. The van der Waals surface area contributed by atoms with Gasteiger partial charge >= 0.3 is 0 Å². The minimum atomic E-state index is -0.974. The molecule has 0 bridgehead atoms. The van der Waals surface area contributed by atoms with Gasteiger partial charge in [-0.25, -0.2) is 0 Å². The highest BCUT2D eigenvalue weighted by Crippen LogP contribution is 2.19. The summed E-state index contributed by atoms with van der Waals surface area (Å²) in [6.45, 7) is 0. The van der Waals surface area contributed by atoms with E-state index < -0.39 is 5.97 Å². The summed E-state index contributed by atoms with van der Waals surface area (Å²) in [4.78, 5) is 11.4. The molecule has 0 fully saturated rings. The van der Waals surface area contributed by atoms with Crippen molar-refractivity contribution in [3.8, 4) is 0 Å². The molecule has 1 atom stereocenters. The van der Waals surface area contributed by atoms with Crippen LogP contribution >= 0.6 is 11.3 Å². The fraction of sp³-hybridized carbons (Fsp3) is 0.444. The lowest BCUT2D eigenvalue weighted by Crippen LogP contribution is -2.53. The quantitative estimate of drug-likeness (QED) is 0.722. The van der Waals surface area contributed by atoms with Crippen molar-refractivity contribution in [1.82, 2.24) is 0 Å². The van der Waals surface area contributed by atoms with Crippen LogP contribution in [0, 0.1) is 0 Å². The van der Waals surface area contributed by atoms with Crippen LogP contribution in [-0.2, 0) is 4.79 Å². The summed E-state index contributed by atoms with van der Waals surface area (Å²) in [5, 5.41) is 12.1. The average Bonchev–Trinajstić information content (AvgIpc) is 2.55.